The Kier molecular flexibility index (Phi) is 3.27. The maximum atomic E-state index is 11.3. The first kappa shape index (κ1) is 14.7. The van der Waals surface area contributed by atoms with Crippen molar-refractivity contribution in [3.05, 3.63) is 80.9 Å². The first-order valence-electron chi connectivity index (χ1n) is 8.04. The van der Waals surface area contributed by atoms with Gasteiger partial charge >= 0.3 is 0 Å². The molecule has 4 nitrogen and oxygen atoms in total. The van der Waals surface area contributed by atoms with Crippen LogP contribution in [0.3, 0.4) is 0 Å². The van der Waals surface area contributed by atoms with E-state index in [-0.39, 0.29) is 10.6 Å². The van der Waals surface area contributed by atoms with Gasteiger partial charge in [-0.2, -0.15) is 0 Å². The highest BCUT2D eigenvalue weighted by atomic mass is 16.6. The van der Waals surface area contributed by atoms with Gasteiger partial charge < -0.3 is 4.90 Å². The molecule has 0 aliphatic carbocycles. The average molecular weight is 318 g/mol. The Balaban J connectivity index is 1.86. The Labute approximate surface area is 140 Å². The zero-order valence-corrected chi connectivity index (χ0v) is 13.7. The van der Waals surface area contributed by atoms with Crippen LogP contribution >= 0.6 is 0 Å². The lowest BCUT2D eigenvalue weighted by Gasteiger charge is -2.32. The van der Waals surface area contributed by atoms with Crippen molar-refractivity contribution in [1.29, 1.82) is 0 Å². The van der Waals surface area contributed by atoms with Gasteiger partial charge in [0.2, 0.25) is 0 Å². The highest BCUT2D eigenvalue weighted by molar-refractivity contribution is 5.96. The van der Waals surface area contributed by atoms with Crippen molar-refractivity contribution >= 4 is 22.1 Å². The SMILES string of the molecule is Cc1ccc(C)c(N2Cc3cccc4c([N+](=O)[O-])ccc(c34)C2)c1. The number of hydrogen-bond donors (Lipinski definition) is 0. The van der Waals surface area contributed by atoms with Crippen molar-refractivity contribution in [2.75, 3.05) is 4.90 Å². The van der Waals surface area contributed by atoms with Crippen LogP contribution < -0.4 is 4.90 Å². The maximum absolute atomic E-state index is 11.3. The number of rotatable bonds is 2. The summed E-state index contributed by atoms with van der Waals surface area (Å²) >= 11 is 0. The molecular weight excluding hydrogens is 300 g/mol. The minimum absolute atomic E-state index is 0.191. The van der Waals surface area contributed by atoms with Crippen LogP contribution in [0.15, 0.2) is 48.5 Å². The molecule has 3 aromatic rings. The van der Waals surface area contributed by atoms with E-state index in [1.54, 1.807) is 6.07 Å². The first-order chi connectivity index (χ1) is 11.5. The van der Waals surface area contributed by atoms with Gasteiger partial charge in [0, 0.05) is 24.8 Å². The van der Waals surface area contributed by atoms with E-state index in [2.05, 4.69) is 43.0 Å². The van der Waals surface area contributed by atoms with Crippen LogP contribution in [0.25, 0.3) is 10.8 Å². The zero-order valence-electron chi connectivity index (χ0n) is 13.7. The lowest BCUT2D eigenvalue weighted by Crippen LogP contribution is -2.26. The molecule has 120 valence electrons. The molecule has 0 saturated carbocycles. The van der Waals surface area contributed by atoms with E-state index in [9.17, 15) is 10.1 Å². The Bertz CT molecular complexity index is 967. The van der Waals surface area contributed by atoms with E-state index >= 15 is 0 Å². The second-order valence-electron chi connectivity index (χ2n) is 6.49. The van der Waals surface area contributed by atoms with Crippen molar-refractivity contribution in [2.24, 2.45) is 0 Å². The van der Waals surface area contributed by atoms with E-state index in [1.165, 1.54) is 16.8 Å². The van der Waals surface area contributed by atoms with Crippen molar-refractivity contribution in [3.63, 3.8) is 0 Å². The van der Waals surface area contributed by atoms with Crippen LogP contribution in [0.1, 0.15) is 22.3 Å². The molecule has 24 heavy (non-hydrogen) atoms. The minimum Gasteiger partial charge on any atom is -0.363 e. The fourth-order valence-electron chi connectivity index (χ4n) is 3.67. The summed E-state index contributed by atoms with van der Waals surface area (Å²) in [6.45, 7) is 5.78. The maximum Gasteiger partial charge on any atom is 0.277 e. The zero-order chi connectivity index (χ0) is 16.8. The molecule has 0 amide bonds. The van der Waals surface area contributed by atoms with Gasteiger partial charge in [-0.15, -0.1) is 0 Å². The Morgan fingerprint density at radius 3 is 2.50 bits per heavy atom. The summed E-state index contributed by atoms with van der Waals surface area (Å²) < 4.78 is 0. The topological polar surface area (TPSA) is 46.4 Å². The van der Waals surface area contributed by atoms with Crippen molar-refractivity contribution in [3.8, 4) is 0 Å². The smallest absolute Gasteiger partial charge is 0.277 e. The lowest BCUT2D eigenvalue weighted by atomic mass is 9.93. The molecular formula is C20H18N2O2. The number of anilines is 1. The van der Waals surface area contributed by atoms with Gasteiger partial charge in [-0.1, -0.05) is 24.3 Å². The molecule has 0 radical (unpaired) electrons. The number of nitro benzene ring substituents is 1. The summed E-state index contributed by atoms with van der Waals surface area (Å²) in [5, 5.41) is 13.1. The van der Waals surface area contributed by atoms with Crippen LogP contribution in [0.5, 0.6) is 0 Å². The largest absolute Gasteiger partial charge is 0.363 e. The standard InChI is InChI=1S/C20H18N2O2/c1-13-6-7-14(2)19(10-13)21-11-15-4-3-5-17-18(22(23)24)9-8-16(12-21)20(15)17/h3-10H,11-12H2,1-2H3. The second kappa shape index (κ2) is 5.34. The Hall–Kier alpha value is -2.88. The van der Waals surface area contributed by atoms with E-state index in [0.717, 1.165) is 35.0 Å². The van der Waals surface area contributed by atoms with Crippen LogP contribution in [-0.2, 0) is 13.1 Å². The normalized spacial score (nSPS) is 13.3. The molecule has 0 bridgehead atoms. The number of non-ortho nitro benzene ring substituents is 1. The molecule has 0 fully saturated rings. The van der Waals surface area contributed by atoms with Gasteiger partial charge in [0.15, 0.2) is 0 Å². The molecule has 4 heteroatoms. The van der Waals surface area contributed by atoms with Gasteiger partial charge in [-0.3, -0.25) is 10.1 Å². The Morgan fingerprint density at radius 2 is 1.75 bits per heavy atom. The number of hydrogen-bond acceptors (Lipinski definition) is 3. The molecule has 0 N–H and O–H groups in total. The fraction of sp³-hybridized carbons (Fsp3) is 0.200. The van der Waals surface area contributed by atoms with E-state index in [1.807, 2.05) is 18.2 Å². The third-order valence-electron chi connectivity index (χ3n) is 4.81. The number of nitro groups is 1. The molecule has 0 aromatic heterocycles. The predicted molar refractivity (Wildman–Crippen MR) is 96.4 cm³/mol. The van der Waals surface area contributed by atoms with Crippen LogP contribution in [-0.4, -0.2) is 4.92 Å². The predicted octanol–water partition coefficient (Wildman–Crippen LogP) is 4.89. The van der Waals surface area contributed by atoms with Gasteiger partial charge in [0.05, 0.1) is 10.3 Å². The summed E-state index contributed by atoms with van der Waals surface area (Å²) in [7, 11) is 0. The molecule has 4 rings (SSSR count). The number of aryl methyl sites for hydroxylation is 2. The second-order valence-corrected chi connectivity index (χ2v) is 6.49. The highest BCUT2D eigenvalue weighted by Gasteiger charge is 2.23. The third-order valence-corrected chi connectivity index (χ3v) is 4.81. The quantitative estimate of drug-likeness (QED) is 0.499. The molecule has 0 spiro atoms. The first-order valence-corrected chi connectivity index (χ1v) is 8.04. The highest BCUT2D eigenvalue weighted by Crippen LogP contribution is 2.37. The van der Waals surface area contributed by atoms with E-state index in [0.29, 0.717) is 0 Å². The summed E-state index contributed by atoms with van der Waals surface area (Å²) in [6.07, 6.45) is 0. The van der Waals surface area contributed by atoms with Gasteiger partial charge in [0.1, 0.15) is 0 Å². The molecule has 0 atom stereocenters. The lowest BCUT2D eigenvalue weighted by molar-refractivity contribution is -0.383. The molecule has 0 unspecified atom stereocenters. The minimum atomic E-state index is -0.292. The fourth-order valence-corrected chi connectivity index (χ4v) is 3.67. The molecule has 0 saturated heterocycles. The molecule has 3 aromatic carbocycles. The molecule has 1 aliphatic heterocycles. The number of benzene rings is 3. The summed E-state index contributed by atoms with van der Waals surface area (Å²) in [4.78, 5) is 13.4. The monoisotopic (exact) mass is 318 g/mol. The van der Waals surface area contributed by atoms with Gasteiger partial charge in [-0.05, 0) is 59.7 Å². The van der Waals surface area contributed by atoms with Crippen LogP contribution in [0.2, 0.25) is 0 Å². The Morgan fingerprint density at radius 1 is 1.00 bits per heavy atom. The van der Waals surface area contributed by atoms with E-state index in [4.69, 9.17) is 0 Å². The summed E-state index contributed by atoms with van der Waals surface area (Å²) in [5.74, 6) is 0. The van der Waals surface area contributed by atoms with Crippen molar-refractivity contribution in [1.82, 2.24) is 0 Å². The van der Waals surface area contributed by atoms with Crippen molar-refractivity contribution < 1.29 is 4.92 Å². The average Bonchev–Trinajstić information content (AvgIpc) is 2.57. The third kappa shape index (κ3) is 2.22. The van der Waals surface area contributed by atoms with E-state index < -0.39 is 0 Å². The van der Waals surface area contributed by atoms with Crippen LogP contribution in [0, 0.1) is 24.0 Å². The molecule has 1 heterocycles. The van der Waals surface area contributed by atoms with Crippen molar-refractivity contribution in [2.45, 2.75) is 26.9 Å². The van der Waals surface area contributed by atoms with Gasteiger partial charge in [-0.25, -0.2) is 0 Å². The van der Waals surface area contributed by atoms with Crippen LogP contribution in [0.4, 0.5) is 11.4 Å². The number of nitrogens with zero attached hydrogens (tertiary/aromatic N) is 2. The van der Waals surface area contributed by atoms with Gasteiger partial charge in [0.25, 0.3) is 5.69 Å². The molecule has 1 aliphatic rings. The summed E-state index contributed by atoms with van der Waals surface area (Å²) in [6, 6.07) is 15.9. The summed E-state index contributed by atoms with van der Waals surface area (Å²) in [5.41, 5.74) is 6.21.